The van der Waals surface area contributed by atoms with E-state index in [1.54, 1.807) is 11.7 Å². The van der Waals surface area contributed by atoms with Crippen molar-refractivity contribution in [3.63, 3.8) is 0 Å². The first-order valence-electron chi connectivity index (χ1n) is 9.80. The fourth-order valence-electron chi connectivity index (χ4n) is 3.69. The highest BCUT2D eigenvalue weighted by Crippen LogP contribution is 2.31. The number of ether oxygens (including phenoxy) is 2. The summed E-state index contributed by atoms with van der Waals surface area (Å²) in [6.45, 7) is 2.48. The van der Waals surface area contributed by atoms with E-state index >= 15 is 0 Å². The Labute approximate surface area is 178 Å². The van der Waals surface area contributed by atoms with Gasteiger partial charge in [0, 0.05) is 19.2 Å². The van der Waals surface area contributed by atoms with E-state index in [0.29, 0.717) is 23.5 Å². The summed E-state index contributed by atoms with van der Waals surface area (Å²) < 4.78 is 12.7. The molecule has 4 atom stereocenters. The quantitative estimate of drug-likeness (QED) is 0.429. The second kappa shape index (κ2) is 8.46. The van der Waals surface area contributed by atoms with Gasteiger partial charge in [-0.15, -0.1) is 0 Å². The third-order valence-corrected chi connectivity index (χ3v) is 5.34. The molecular formula is C20H25N7O4. The number of fused-ring (bicyclic) bond motifs is 1. The van der Waals surface area contributed by atoms with Crippen LogP contribution in [0.1, 0.15) is 17.4 Å². The molecule has 2 aromatic heterocycles. The number of carbonyl (C=O) groups excluding carboxylic acids is 1. The van der Waals surface area contributed by atoms with Crippen LogP contribution in [0.15, 0.2) is 30.9 Å². The molecule has 164 valence electrons. The van der Waals surface area contributed by atoms with Crippen LogP contribution >= 0.6 is 0 Å². The number of methoxy groups -OCH3 is 1. The Bertz CT molecular complexity index is 1100. The van der Waals surface area contributed by atoms with Crippen LogP contribution in [0.2, 0.25) is 0 Å². The van der Waals surface area contributed by atoms with Gasteiger partial charge in [0.25, 0.3) is 5.91 Å². The number of nitrogens with two attached hydrogens (primary N) is 1. The van der Waals surface area contributed by atoms with Gasteiger partial charge < -0.3 is 30.9 Å². The summed E-state index contributed by atoms with van der Waals surface area (Å²) >= 11 is 0. The van der Waals surface area contributed by atoms with Crippen LogP contribution in [0.3, 0.4) is 0 Å². The second-order valence-electron chi connectivity index (χ2n) is 7.34. The van der Waals surface area contributed by atoms with Crippen LogP contribution in [0.4, 0.5) is 5.82 Å². The number of likely N-dealkylation sites (N-methyl/N-ethyl adjacent to an activating group) is 1. The van der Waals surface area contributed by atoms with Gasteiger partial charge in [-0.05, 0) is 13.0 Å². The Hall–Kier alpha value is -3.28. The number of aliphatic hydroxyl groups is 1. The van der Waals surface area contributed by atoms with E-state index < -0.39 is 30.4 Å². The van der Waals surface area contributed by atoms with Crippen molar-refractivity contribution >= 4 is 22.9 Å². The normalized spacial score (nSPS) is 23.1. The van der Waals surface area contributed by atoms with E-state index in [9.17, 15) is 9.90 Å². The lowest BCUT2D eigenvalue weighted by atomic mass is 10.1. The molecule has 1 fully saturated rings. The van der Waals surface area contributed by atoms with Crippen molar-refractivity contribution in [2.24, 2.45) is 5.73 Å². The molecule has 0 radical (unpaired) electrons. The predicted octanol–water partition coefficient (Wildman–Crippen LogP) is 0.0870. The number of rotatable bonds is 6. The highest BCUT2D eigenvalue weighted by atomic mass is 16.5. The lowest BCUT2D eigenvalue weighted by Crippen LogP contribution is -2.46. The van der Waals surface area contributed by atoms with Crippen LogP contribution in [0, 0.1) is 6.92 Å². The van der Waals surface area contributed by atoms with Gasteiger partial charge in [-0.25, -0.2) is 15.0 Å². The topological polar surface area (TPSA) is 149 Å². The van der Waals surface area contributed by atoms with Gasteiger partial charge in [0.2, 0.25) is 0 Å². The smallest absolute Gasteiger partial charge is 0.250 e. The number of benzene rings is 1. The van der Waals surface area contributed by atoms with Gasteiger partial charge in [0.15, 0.2) is 29.3 Å². The van der Waals surface area contributed by atoms with Crippen LogP contribution < -0.4 is 21.1 Å². The molecule has 11 heteroatoms. The number of hydrogen-bond donors (Lipinski definition) is 4. The Balaban J connectivity index is 1.61. The first kappa shape index (κ1) is 21.0. The first-order chi connectivity index (χ1) is 14.9. The number of aliphatic hydroxyl groups excluding tert-OH is 1. The molecule has 1 aliphatic rings. The van der Waals surface area contributed by atoms with Crippen molar-refractivity contribution in [2.45, 2.75) is 37.9 Å². The number of hydrogen-bond acceptors (Lipinski definition) is 9. The predicted molar refractivity (Wildman–Crippen MR) is 112 cm³/mol. The molecule has 3 aromatic rings. The summed E-state index contributed by atoms with van der Waals surface area (Å²) in [7, 11) is 3.11. The maximum Gasteiger partial charge on any atom is 0.250 e. The highest BCUT2D eigenvalue weighted by molar-refractivity contribution is 5.83. The second-order valence-corrected chi connectivity index (χ2v) is 7.34. The summed E-state index contributed by atoms with van der Waals surface area (Å²) in [4.78, 5) is 25.0. The largest absolute Gasteiger partial charge is 0.496 e. The van der Waals surface area contributed by atoms with Crippen molar-refractivity contribution in [1.29, 1.82) is 0 Å². The van der Waals surface area contributed by atoms with E-state index in [1.807, 2.05) is 25.1 Å². The first-order valence-corrected chi connectivity index (χ1v) is 9.80. The van der Waals surface area contributed by atoms with Gasteiger partial charge in [0.1, 0.15) is 18.2 Å². The monoisotopic (exact) mass is 427 g/mol. The lowest BCUT2D eigenvalue weighted by molar-refractivity contribution is -0.134. The number of nitrogens with zero attached hydrogens (tertiary/aromatic N) is 4. The van der Waals surface area contributed by atoms with Gasteiger partial charge in [-0.3, -0.25) is 9.36 Å². The molecule has 11 nitrogen and oxygen atoms in total. The van der Waals surface area contributed by atoms with Gasteiger partial charge in [0.05, 0.1) is 19.5 Å². The maximum absolute atomic E-state index is 12.0. The Kier molecular flexibility index (Phi) is 5.72. The zero-order valence-electron chi connectivity index (χ0n) is 17.4. The summed E-state index contributed by atoms with van der Waals surface area (Å²) in [5.41, 5.74) is 9.03. The van der Waals surface area contributed by atoms with Gasteiger partial charge >= 0.3 is 0 Å². The third-order valence-electron chi connectivity index (χ3n) is 5.34. The third kappa shape index (κ3) is 3.78. The maximum atomic E-state index is 12.0. The average molecular weight is 427 g/mol. The van der Waals surface area contributed by atoms with E-state index in [2.05, 4.69) is 25.6 Å². The van der Waals surface area contributed by atoms with E-state index in [4.69, 9.17) is 15.2 Å². The Morgan fingerprint density at radius 3 is 2.90 bits per heavy atom. The molecule has 0 spiro atoms. The SMILES string of the molecule is CNC(=O)[C@H]1O[C@@H](n2cnc3c(NCc4cc(C)ccc4OC)ncnc32)[C@H](O)[C@@H]1N. The number of nitrogens with one attached hydrogen (secondary N) is 2. The molecule has 5 N–H and O–H groups in total. The number of imidazole rings is 1. The molecule has 0 saturated carbocycles. The number of amides is 1. The van der Waals surface area contributed by atoms with Crippen LogP contribution in [0.25, 0.3) is 11.2 Å². The molecule has 0 bridgehead atoms. The minimum atomic E-state index is -1.11. The summed E-state index contributed by atoms with van der Waals surface area (Å²) in [5.74, 6) is 0.889. The van der Waals surface area contributed by atoms with Crippen LogP contribution in [-0.4, -0.2) is 62.9 Å². The highest BCUT2D eigenvalue weighted by Gasteiger charge is 2.46. The summed E-state index contributed by atoms with van der Waals surface area (Å²) in [6.07, 6.45) is -0.0986. The fourth-order valence-corrected chi connectivity index (χ4v) is 3.69. The standard InChI is InChI=1S/C20H25N7O4/c1-10-4-5-12(30-3)11(6-10)7-23-17-14-18(25-8-24-17)27(9-26-14)20-15(28)13(21)16(31-20)19(29)22-2/h4-6,8-9,13,15-16,20,28H,7,21H2,1-3H3,(H,22,29)(H,23,24,25)/t13-,15+,16-,20+/m0/s1. The lowest BCUT2D eigenvalue weighted by Gasteiger charge is -2.16. The summed E-state index contributed by atoms with van der Waals surface area (Å²) in [6, 6.07) is 5.06. The zero-order chi connectivity index (χ0) is 22.1. The van der Waals surface area contributed by atoms with Crippen molar-refractivity contribution in [3.05, 3.63) is 42.0 Å². The molecule has 1 aliphatic heterocycles. The minimum Gasteiger partial charge on any atom is -0.496 e. The molecule has 1 amide bonds. The van der Waals surface area contributed by atoms with Gasteiger partial charge in [-0.1, -0.05) is 17.7 Å². The molecule has 4 rings (SSSR count). The van der Waals surface area contributed by atoms with E-state index in [1.165, 1.54) is 19.7 Å². The minimum absolute atomic E-state index is 0.400. The van der Waals surface area contributed by atoms with Crippen LogP contribution in [0.5, 0.6) is 5.75 Å². The van der Waals surface area contributed by atoms with Gasteiger partial charge in [-0.2, -0.15) is 0 Å². The molecule has 1 saturated heterocycles. The van der Waals surface area contributed by atoms with Crippen molar-refractivity contribution in [2.75, 3.05) is 19.5 Å². The molecule has 0 aliphatic carbocycles. The van der Waals surface area contributed by atoms with Crippen molar-refractivity contribution in [1.82, 2.24) is 24.8 Å². The summed E-state index contributed by atoms with van der Waals surface area (Å²) in [5, 5.41) is 16.3. The number of anilines is 1. The number of aromatic nitrogens is 4. The molecule has 3 heterocycles. The molecule has 1 aromatic carbocycles. The molecule has 31 heavy (non-hydrogen) atoms. The zero-order valence-corrected chi connectivity index (χ0v) is 17.4. The molecule has 0 unspecified atom stereocenters. The van der Waals surface area contributed by atoms with Crippen molar-refractivity contribution in [3.8, 4) is 5.75 Å². The van der Waals surface area contributed by atoms with E-state index in [0.717, 1.165) is 16.9 Å². The van der Waals surface area contributed by atoms with Crippen molar-refractivity contribution < 1.29 is 19.4 Å². The number of carbonyl (C=O) groups is 1. The van der Waals surface area contributed by atoms with E-state index in [-0.39, 0.29) is 0 Å². The average Bonchev–Trinajstić information content (AvgIpc) is 3.33. The Morgan fingerprint density at radius 2 is 2.16 bits per heavy atom. The molecular weight excluding hydrogens is 402 g/mol. The Morgan fingerprint density at radius 1 is 1.35 bits per heavy atom. The number of aryl methyl sites for hydroxylation is 1. The fraction of sp³-hybridized carbons (Fsp3) is 0.400. The van der Waals surface area contributed by atoms with Crippen LogP contribution in [-0.2, 0) is 16.1 Å².